The van der Waals surface area contributed by atoms with E-state index in [1.807, 2.05) is 18.2 Å². The second kappa shape index (κ2) is 4.88. The number of hydrogen-bond donors (Lipinski definition) is 2. The average Bonchev–Trinajstić information content (AvgIpc) is 2.22. The van der Waals surface area contributed by atoms with Gasteiger partial charge in [0.2, 0.25) is 0 Å². The van der Waals surface area contributed by atoms with Crippen molar-refractivity contribution in [1.82, 2.24) is 9.97 Å². The van der Waals surface area contributed by atoms with Crippen LogP contribution in [0.5, 0.6) is 0 Å². The fourth-order valence-electron chi connectivity index (χ4n) is 1.12. The first kappa shape index (κ1) is 11.5. The molecule has 0 unspecified atom stereocenters. The van der Waals surface area contributed by atoms with Crippen molar-refractivity contribution in [3.8, 4) is 0 Å². The zero-order valence-electron chi connectivity index (χ0n) is 8.11. The molecule has 0 saturated heterocycles. The van der Waals surface area contributed by atoms with Gasteiger partial charge in [-0.15, -0.1) is 0 Å². The summed E-state index contributed by atoms with van der Waals surface area (Å²) in [5.74, 6) is 0. The number of benzene rings is 1. The molecule has 0 atom stereocenters. The highest BCUT2D eigenvalue weighted by Crippen LogP contribution is 2.29. The van der Waals surface area contributed by atoms with Crippen LogP contribution in [0, 0.1) is 3.57 Å². The second-order valence-electron chi connectivity index (χ2n) is 3.02. The van der Waals surface area contributed by atoms with Crippen molar-refractivity contribution in [2.24, 2.45) is 0 Å². The summed E-state index contributed by atoms with van der Waals surface area (Å²) in [7, 11) is 0. The highest BCUT2D eigenvalue weighted by molar-refractivity contribution is 14.1. The number of nitrogens with one attached hydrogen (secondary N) is 1. The van der Waals surface area contributed by atoms with Crippen LogP contribution >= 0.6 is 34.4 Å². The Morgan fingerprint density at radius 1 is 1.38 bits per heavy atom. The maximum atomic E-state index is 11.1. The van der Waals surface area contributed by atoms with E-state index in [9.17, 15) is 4.79 Å². The van der Waals surface area contributed by atoms with Gasteiger partial charge in [-0.2, -0.15) is 0 Å². The smallest absolute Gasteiger partial charge is 0.251 e. The largest absolute Gasteiger partial charge is 0.398 e. The van der Waals surface area contributed by atoms with Gasteiger partial charge in [-0.1, -0.05) is 0 Å². The van der Waals surface area contributed by atoms with Gasteiger partial charge in [-0.3, -0.25) is 4.79 Å². The summed E-state index contributed by atoms with van der Waals surface area (Å²) in [6, 6.07) is 7.13. The summed E-state index contributed by atoms with van der Waals surface area (Å²) in [5, 5.41) is 0.542. The third kappa shape index (κ3) is 2.76. The monoisotopic (exact) mass is 345 g/mol. The quantitative estimate of drug-likeness (QED) is 0.497. The molecule has 4 nitrogen and oxygen atoms in total. The standard InChI is InChI=1S/C10H8IN3OS/c11-6-1-2-8(7(12)5-6)16-10-13-4-3-9(15)14-10/h1-5H,12H2,(H,13,14,15). The van der Waals surface area contributed by atoms with Gasteiger partial charge in [0.15, 0.2) is 5.16 Å². The molecule has 16 heavy (non-hydrogen) atoms. The van der Waals surface area contributed by atoms with Gasteiger partial charge in [-0.25, -0.2) is 4.98 Å². The molecule has 0 saturated carbocycles. The van der Waals surface area contributed by atoms with Crippen molar-refractivity contribution < 1.29 is 0 Å². The van der Waals surface area contributed by atoms with E-state index < -0.39 is 0 Å². The number of rotatable bonds is 2. The molecule has 2 aromatic rings. The molecule has 0 amide bonds. The van der Waals surface area contributed by atoms with Crippen LogP contribution < -0.4 is 11.3 Å². The zero-order chi connectivity index (χ0) is 11.5. The summed E-state index contributed by atoms with van der Waals surface area (Å²) in [5.41, 5.74) is 6.38. The molecule has 0 fully saturated rings. The number of nitrogens with two attached hydrogens (primary N) is 1. The molecule has 1 heterocycles. The van der Waals surface area contributed by atoms with Gasteiger partial charge in [0.25, 0.3) is 5.56 Å². The molecule has 0 aliphatic carbocycles. The van der Waals surface area contributed by atoms with Crippen LogP contribution in [0.1, 0.15) is 0 Å². The molecule has 0 radical (unpaired) electrons. The molecule has 0 spiro atoms. The Labute approximate surface area is 110 Å². The zero-order valence-corrected chi connectivity index (χ0v) is 11.1. The summed E-state index contributed by atoms with van der Waals surface area (Å²) in [4.78, 5) is 18.6. The van der Waals surface area contributed by atoms with E-state index >= 15 is 0 Å². The molecule has 2 rings (SSSR count). The first-order valence-corrected chi connectivity index (χ1v) is 6.33. The van der Waals surface area contributed by atoms with Crippen molar-refractivity contribution in [2.45, 2.75) is 10.1 Å². The molecule has 1 aromatic carbocycles. The van der Waals surface area contributed by atoms with E-state index in [0.717, 1.165) is 8.47 Å². The lowest BCUT2D eigenvalue weighted by atomic mass is 10.3. The molecular weight excluding hydrogens is 337 g/mol. The van der Waals surface area contributed by atoms with Crippen LogP contribution in [0.25, 0.3) is 0 Å². The van der Waals surface area contributed by atoms with E-state index in [-0.39, 0.29) is 5.56 Å². The highest BCUT2D eigenvalue weighted by atomic mass is 127. The minimum atomic E-state index is -0.165. The van der Waals surface area contributed by atoms with Gasteiger partial charge in [0, 0.05) is 26.4 Å². The van der Waals surface area contributed by atoms with E-state index in [1.54, 1.807) is 0 Å². The number of halogens is 1. The lowest BCUT2D eigenvalue weighted by Gasteiger charge is -2.04. The predicted molar refractivity (Wildman–Crippen MR) is 72.6 cm³/mol. The number of aromatic nitrogens is 2. The number of H-pyrrole nitrogens is 1. The maximum Gasteiger partial charge on any atom is 0.251 e. The molecule has 3 N–H and O–H groups in total. The van der Waals surface area contributed by atoms with Gasteiger partial charge < -0.3 is 10.7 Å². The van der Waals surface area contributed by atoms with E-state index in [2.05, 4.69) is 32.6 Å². The molecule has 0 aliphatic heterocycles. The Kier molecular flexibility index (Phi) is 3.49. The number of nitrogen functional groups attached to an aromatic ring is 1. The van der Waals surface area contributed by atoms with Gasteiger partial charge in [0.1, 0.15) is 0 Å². The fourth-order valence-corrected chi connectivity index (χ4v) is 2.42. The number of aromatic amines is 1. The van der Waals surface area contributed by atoms with Crippen molar-refractivity contribution >= 4 is 40.0 Å². The molecular formula is C10H8IN3OS. The van der Waals surface area contributed by atoms with E-state index in [0.29, 0.717) is 10.8 Å². The van der Waals surface area contributed by atoms with E-state index in [4.69, 9.17) is 5.73 Å². The molecule has 0 aliphatic rings. The number of anilines is 1. The Bertz CT molecular complexity index is 570. The topological polar surface area (TPSA) is 71.8 Å². The maximum absolute atomic E-state index is 11.1. The van der Waals surface area contributed by atoms with Crippen molar-refractivity contribution in [3.05, 3.63) is 44.4 Å². The summed E-state index contributed by atoms with van der Waals surface area (Å²) < 4.78 is 1.08. The van der Waals surface area contributed by atoms with E-state index in [1.165, 1.54) is 24.0 Å². The summed E-state index contributed by atoms with van der Waals surface area (Å²) >= 11 is 3.54. The van der Waals surface area contributed by atoms with Crippen LogP contribution in [-0.2, 0) is 0 Å². The van der Waals surface area contributed by atoms with Crippen LogP contribution in [-0.4, -0.2) is 9.97 Å². The Balaban J connectivity index is 2.30. The Hall–Kier alpha value is -1.02. The lowest BCUT2D eigenvalue weighted by Crippen LogP contribution is -2.05. The SMILES string of the molecule is Nc1cc(I)ccc1Sc1nccc(=O)[nH]1. The summed E-state index contributed by atoms with van der Waals surface area (Å²) in [6.45, 7) is 0. The van der Waals surface area contributed by atoms with Crippen LogP contribution in [0.3, 0.4) is 0 Å². The lowest BCUT2D eigenvalue weighted by molar-refractivity contribution is 0.937. The Morgan fingerprint density at radius 3 is 2.88 bits per heavy atom. The normalized spacial score (nSPS) is 10.3. The fraction of sp³-hybridized carbons (Fsp3) is 0. The predicted octanol–water partition coefficient (Wildman–Crippen LogP) is 2.11. The minimum Gasteiger partial charge on any atom is -0.398 e. The van der Waals surface area contributed by atoms with Crippen LogP contribution in [0.4, 0.5) is 5.69 Å². The van der Waals surface area contributed by atoms with Crippen LogP contribution in [0.15, 0.2) is 45.3 Å². The number of hydrogen-bond acceptors (Lipinski definition) is 4. The van der Waals surface area contributed by atoms with Crippen molar-refractivity contribution in [2.75, 3.05) is 5.73 Å². The molecule has 6 heteroatoms. The highest BCUT2D eigenvalue weighted by Gasteiger charge is 2.03. The molecule has 0 bridgehead atoms. The number of nitrogens with zero attached hydrogens (tertiary/aromatic N) is 1. The molecule has 1 aromatic heterocycles. The third-order valence-corrected chi connectivity index (χ3v) is 3.49. The molecule has 82 valence electrons. The van der Waals surface area contributed by atoms with Crippen LogP contribution in [0.2, 0.25) is 0 Å². The van der Waals surface area contributed by atoms with Gasteiger partial charge in [-0.05, 0) is 52.6 Å². The first-order valence-electron chi connectivity index (χ1n) is 4.43. The van der Waals surface area contributed by atoms with Crippen molar-refractivity contribution in [3.63, 3.8) is 0 Å². The second-order valence-corrected chi connectivity index (χ2v) is 5.30. The van der Waals surface area contributed by atoms with Crippen molar-refractivity contribution in [1.29, 1.82) is 0 Å². The minimum absolute atomic E-state index is 0.165. The van der Waals surface area contributed by atoms with Gasteiger partial charge in [0.05, 0.1) is 0 Å². The first-order chi connectivity index (χ1) is 7.65. The summed E-state index contributed by atoms with van der Waals surface area (Å²) in [6.07, 6.45) is 1.48. The van der Waals surface area contributed by atoms with Gasteiger partial charge >= 0.3 is 0 Å². The Morgan fingerprint density at radius 2 is 2.19 bits per heavy atom. The average molecular weight is 345 g/mol. The third-order valence-electron chi connectivity index (χ3n) is 1.83.